The zero-order valence-corrected chi connectivity index (χ0v) is 15.0. The van der Waals surface area contributed by atoms with Gasteiger partial charge in [0.25, 0.3) is 0 Å². The first-order valence-electron chi connectivity index (χ1n) is 9.28. The summed E-state index contributed by atoms with van der Waals surface area (Å²) in [4.78, 5) is 17.4. The summed E-state index contributed by atoms with van der Waals surface area (Å²) in [6.07, 6.45) is 3.23. The van der Waals surface area contributed by atoms with Crippen LogP contribution in [0.3, 0.4) is 0 Å². The molecule has 1 fully saturated rings. The van der Waals surface area contributed by atoms with Gasteiger partial charge in [-0.05, 0) is 57.4 Å². The molecule has 2 unspecified atom stereocenters. The number of hydrogen-bond acceptors (Lipinski definition) is 3. The number of H-pyrrole nitrogens is 1. The number of aromatic amines is 1. The van der Waals surface area contributed by atoms with Crippen LogP contribution in [-0.2, 0) is 11.2 Å². The Balaban J connectivity index is 1.47. The first-order chi connectivity index (χ1) is 12.1. The molecule has 2 atom stereocenters. The Labute approximate surface area is 149 Å². The van der Waals surface area contributed by atoms with Crippen LogP contribution in [0.15, 0.2) is 30.3 Å². The lowest BCUT2D eigenvalue weighted by Gasteiger charge is -2.37. The minimum atomic E-state index is -0.0889. The van der Waals surface area contributed by atoms with Gasteiger partial charge in [0.1, 0.15) is 0 Å². The van der Waals surface area contributed by atoms with Crippen molar-refractivity contribution in [2.24, 2.45) is 0 Å². The van der Waals surface area contributed by atoms with Crippen LogP contribution in [0.1, 0.15) is 42.6 Å². The van der Waals surface area contributed by atoms with Gasteiger partial charge in [0.15, 0.2) is 0 Å². The van der Waals surface area contributed by atoms with Crippen molar-refractivity contribution in [1.29, 1.82) is 0 Å². The molecule has 1 saturated heterocycles. The topological polar surface area (TPSA) is 52.2 Å². The molecule has 1 N–H and O–H groups in total. The highest BCUT2D eigenvalue weighted by Gasteiger charge is 2.33. The number of para-hydroxylation sites is 1. The number of benzene rings is 1. The van der Waals surface area contributed by atoms with E-state index in [1.54, 1.807) is 0 Å². The molecule has 2 aliphatic rings. The molecule has 4 rings (SSSR count). The molecule has 2 aromatic rings. The number of piperidine rings is 1. The van der Waals surface area contributed by atoms with E-state index in [1.165, 1.54) is 5.56 Å². The minimum absolute atomic E-state index is 0.0889. The molecule has 5 heteroatoms. The van der Waals surface area contributed by atoms with E-state index in [4.69, 9.17) is 0 Å². The molecule has 132 valence electrons. The molecule has 3 heterocycles. The third-order valence-corrected chi connectivity index (χ3v) is 5.66. The lowest BCUT2D eigenvalue weighted by molar-refractivity contribution is -0.123. The summed E-state index contributed by atoms with van der Waals surface area (Å²) in [5.41, 5.74) is 4.61. The summed E-state index contributed by atoms with van der Waals surface area (Å²) in [6, 6.07) is 10.3. The van der Waals surface area contributed by atoms with Crippen LogP contribution in [0.2, 0.25) is 0 Å². The fraction of sp³-hybridized carbons (Fsp3) is 0.500. The van der Waals surface area contributed by atoms with E-state index in [1.807, 2.05) is 17.9 Å². The van der Waals surface area contributed by atoms with Crippen LogP contribution >= 0.6 is 0 Å². The summed E-state index contributed by atoms with van der Waals surface area (Å²) < 4.78 is 0. The Bertz CT molecular complexity index is 769. The standard InChI is InChI=1S/C20H26N4O/c1-14-12-18(22-21-14)17-7-5-10-23(13-17)15(2)20(25)24-11-9-16-6-3-4-8-19(16)24/h3-4,6,8,12,15,17H,5,7,9-11,13H2,1-2H3,(H,21,22). The van der Waals surface area contributed by atoms with E-state index in [0.717, 1.165) is 56.0 Å². The molecule has 1 amide bonds. The Kier molecular flexibility index (Phi) is 4.34. The largest absolute Gasteiger partial charge is 0.310 e. The second-order valence-electron chi connectivity index (χ2n) is 7.35. The van der Waals surface area contributed by atoms with Crippen LogP contribution in [-0.4, -0.2) is 46.7 Å². The predicted octanol–water partition coefficient (Wildman–Crippen LogP) is 2.88. The van der Waals surface area contributed by atoms with Gasteiger partial charge in [0, 0.05) is 30.4 Å². The van der Waals surface area contributed by atoms with E-state index in [2.05, 4.69) is 46.3 Å². The molecule has 0 spiro atoms. The number of anilines is 1. The highest BCUT2D eigenvalue weighted by molar-refractivity contribution is 5.98. The Morgan fingerprint density at radius 3 is 2.96 bits per heavy atom. The number of aryl methyl sites for hydroxylation is 1. The van der Waals surface area contributed by atoms with Crippen LogP contribution in [0.25, 0.3) is 0 Å². The molecular weight excluding hydrogens is 312 g/mol. The number of fused-ring (bicyclic) bond motifs is 1. The van der Waals surface area contributed by atoms with E-state index in [9.17, 15) is 4.79 Å². The van der Waals surface area contributed by atoms with Gasteiger partial charge in [-0.1, -0.05) is 18.2 Å². The van der Waals surface area contributed by atoms with Crippen molar-refractivity contribution < 1.29 is 4.79 Å². The van der Waals surface area contributed by atoms with Crippen molar-refractivity contribution >= 4 is 11.6 Å². The van der Waals surface area contributed by atoms with Gasteiger partial charge in [-0.25, -0.2) is 0 Å². The van der Waals surface area contributed by atoms with Crippen molar-refractivity contribution in [2.75, 3.05) is 24.5 Å². The number of nitrogens with zero attached hydrogens (tertiary/aromatic N) is 3. The van der Waals surface area contributed by atoms with Crippen LogP contribution in [0.5, 0.6) is 0 Å². The molecule has 5 nitrogen and oxygen atoms in total. The minimum Gasteiger partial charge on any atom is -0.310 e. The van der Waals surface area contributed by atoms with E-state index < -0.39 is 0 Å². The Hall–Kier alpha value is -2.14. The van der Waals surface area contributed by atoms with Crippen LogP contribution < -0.4 is 4.90 Å². The zero-order valence-electron chi connectivity index (χ0n) is 15.0. The number of amides is 1. The molecule has 1 aromatic carbocycles. The van der Waals surface area contributed by atoms with E-state index >= 15 is 0 Å². The van der Waals surface area contributed by atoms with Crippen LogP contribution in [0.4, 0.5) is 5.69 Å². The molecule has 0 saturated carbocycles. The molecule has 0 bridgehead atoms. The summed E-state index contributed by atoms with van der Waals surface area (Å²) in [5.74, 6) is 0.642. The molecule has 1 aromatic heterocycles. The zero-order chi connectivity index (χ0) is 17.4. The van der Waals surface area contributed by atoms with Gasteiger partial charge >= 0.3 is 0 Å². The third-order valence-electron chi connectivity index (χ3n) is 5.66. The number of nitrogens with one attached hydrogen (secondary N) is 1. The van der Waals surface area contributed by atoms with Gasteiger partial charge in [0.2, 0.25) is 5.91 Å². The van der Waals surface area contributed by atoms with Crippen LogP contribution in [0, 0.1) is 6.92 Å². The summed E-state index contributed by atoms with van der Waals surface area (Å²) in [6.45, 7) is 6.79. The van der Waals surface area contributed by atoms with Crippen molar-refractivity contribution in [2.45, 2.75) is 45.1 Å². The number of rotatable bonds is 3. The SMILES string of the molecule is Cc1cc(C2CCCN(C(C)C(=O)N3CCc4ccccc43)C2)n[nH]1. The number of aromatic nitrogens is 2. The first-order valence-corrected chi connectivity index (χ1v) is 9.28. The second-order valence-corrected chi connectivity index (χ2v) is 7.35. The molecule has 2 aliphatic heterocycles. The average molecular weight is 338 g/mol. The fourth-order valence-corrected chi connectivity index (χ4v) is 4.20. The summed E-state index contributed by atoms with van der Waals surface area (Å²) in [7, 11) is 0. The smallest absolute Gasteiger partial charge is 0.244 e. The van der Waals surface area contributed by atoms with Crippen molar-refractivity contribution in [1.82, 2.24) is 15.1 Å². The lowest BCUT2D eigenvalue weighted by atomic mass is 9.93. The molecular formula is C20H26N4O. The Morgan fingerprint density at radius 2 is 2.16 bits per heavy atom. The van der Waals surface area contributed by atoms with Crippen molar-refractivity contribution in [3.63, 3.8) is 0 Å². The highest BCUT2D eigenvalue weighted by Crippen LogP contribution is 2.31. The normalized spacial score (nSPS) is 22.0. The quantitative estimate of drug-likeness (QED) is 0.936. The first kappa shape index (κ1) is 16.3. The monoisotopic (exact) mass is 338 g/mol. The van der Waals surface area contributed by atoms with Gasteiger partial charge < -0.3 is 4.90 Å². The molecule has 0 aliphatic carbocycles. The van der Waals surface area contributed by atoms with Gasteiger partial charge in [-0.3, -0.25) is 14.8 Å². The third kappa shape index (κ3) is 3.09. The second kappa shape index (κ2) is 6.64. The fourth-order valence-electron chi connectivity index (χ4n) is 4.20. The maximum atomic E-state index is 13.1. The Morgan fingerprint density at radius 1 is 1.32 bits per heavy atom. The van der Waals surface area contributed by atoms with Gasteiger partial charge in [-0.15, -0.1) is 0 Å². The average Bonchev–Trinajstić information content (AvgIpc) is 3.27. The van der Waals surface area contributed by atoms with Gasteiger partial charge in [0.05, 0.1) is 11.7 Å². The maximum Gasteiger partial charge on any atom is 0.244 e. The number of hydrogen-bond donors (Lipinski definition) is 1. The highest BCUT2D eigenvalue weighted by atomic mass is 16.2. The maximum absolute atomic E-state index is 13.1. The molecule has 25 heavy (non-hydrogen) atoms. The van der Waals surface area contributed by atoms with E-state index in [-0.39, 0.29) is 11.9 Å². The van der Waals surface area contributed by atoms with Gasteiger partial charge in [-0.2, -0.15) is 5.10 Å². The lowest BCUT2D eigenvalue weighted by Crippen LogP contribution is -2.49. The summed E-state index contributed by atoms with van der Waals surface area (Å²) in [5, 5.41) is 7.48. The summed E-state index contributed by atoms with van der Waals surface area (Å²) >= 11 is 0. The molecule has 0 radical (unpaired) electrons. The van der Waals surface area contributed by atoms with Crippen molar-refractivity contribution in [3.05, 3.63) is 47.3 Å². The predicted molar refractivity (Wildman–Crippen MR) is 98.8 cm³/mol. The number of carbonyl (C=O) groups is 1. The van der Waals surface area contributed by atoms with E-state index in [0.29, 0.717) is 5.92 Å². The number of likely N-dealkylation sites (tertiary alicyclic amines) is 1. The van der Waals surface area contributed by atoms with Crippen molar-refractivity contribution in [3.8, 4) is 0 Å². The number of carbonyl (C=O) groups excluding carboxylic acids is 1.